The molecular weight excluding hydrogens is 324 g/mol. The van der Waals surface area contributed by atoms with Crippen LogP contribution in [-0.2, 0) is 0 Å². The molecule has 0 radical (unpaired) electrons. The van der Waals surface area contributed by atoms with Crippen molar-refractivity contribution in [2.24, 2.45) is 0 Å². The second-order valence-corrected chi connectivity index (χ2v) is 5.95. The van der Waals surface area contributed by atoms with Gasteiger partial charge in [0.25, 0.3) is 0 Å². The Hall–Kier alpha value is -2.93. The number of hydrogen-bond donors (Lipinski definition) is 1. The lowest BCUT2D eigenvalue weighted by Gasteiger charge is -2.12. The number of nitrogens with zero attached hydrogens (tertiary/aromatic N) is 3. The standard InChI is InChI=1S/C17H14N4O2S/c1-22-14-6-10-13(7-15(14)23-2)18-9-19-17(10)21-12-4-3-5-16-11(12)8-20-24-16/h3-9H,1-2H3,(H,18,19,21). The molecule has 4 aromatic rings. The maximum absolute atomic E-state index is 5.39. The van der Waals surface area contributed by atoms with Crippen LogP contribution in [0.25, 0.3) is 21.0 Å². The van der Waals surface area contributed by atoms with Crippen LogP contribution in [0.5, 0.6) is 11.5 Å². The normalized spacial score (nSPS) is 10.9. The summed E-state index contributed by atoms with van der Waals surface area (Å²) in [6.45, 7) is 0. The Morgan fingerprint density at radius 2 is 1.83 bits per heavy atom. The van der Waals surface area contributed by atoms with Crippen molar-refractivity contribution in [2.45, 2.75) is 0 Å². The van der Waals surface area contributed by atoms with E-state index in [9.17, 15) is 0 Å². The first-order valence-corrected chi connectivity index (χ1v) is 8.04. The Bertz CT molecular complexity index is 1030. The van der Waals surface area contributed by atoms with Gasteiger partial charge in [-0.25, -0.2) is 9.97 Å². The highest BCUT2D eigenvalue weighted by Gasteiger charge is 2.12. The fourth-order valence-electron chi connectivity index (χ4n) is 2.61. The lowest BCUT2D eigenvalue weighted by molar-refractivity contribution is 0.356. The first kappa shape index (κ1) is 14.6. The number of methoxy groups -OCH3 is 2. The minimum Gasteiger partial charge on any atom is -0.493 e. The molecule has 0 bridgehead atoms. The van der Waals surface area contributed by atoms with Crippen molar-refractivity contribution >= 4 is 44.0 Å². The van der Waals surface area contributed by atoms with Crippen LogP contribution in [0.3, 0.4) is 0 Å². The summed E-state index contributed by atoms with van der Waals surface area (Å²) in [5.41, 5.74) is 1.73. The molecule has 0 atom stereocenters. The molecule has 0 unspecified atom stereocenters. The zero-order chi connectivity index (χ0) is 16.5. The molecule has 0 saturated heterocycles. The zero-order valence-corrected chi connectivity index (χ0v) is 13.9. The van der Waals surface area contributed by atoms with Crippen LogP contribution in [0.2, 0.25) is 0 Å². The van der Waals surface area contributed by atoms with E-state index in [0.29, 0.717) is 17.3 Å². The summed E-state index contributed by atoms with van der Waals surface area (Å²) in [5, 5.41) is 5.31. The minimum absolute atomic E-state index is 0.637. The third-order valence-electron chi connectivity index (χ3n) is 3.79. The number of aromatic nitrogens is 3. The zero-order valence-electron chi connectivity index (χ0n) is 13.1. The molecule has 4 rings (SSSR count). The second-order valence-electron chi connectivity index (χ2n) is 5.11. The molecule has 0 fully saturated rings. The highest BCUT2D eigenvalue weighted by Crippen LogP contribution is 2.35. The number of ether oxygens (including phenoxy) is 2. The molecule has 0 saturated carbocycles. The third-order valence-corrected chi connectivity index (χ3v) is 4.56. The molecule has 120 valence electrons. The van der Waals surface area contributed by atoms with Crippen LogP contribution in [0.4, 0.5) is 11.5 Å². The van der Waals surface area contributed by atoms with Crippen LogP contribution < -0.4 is 14.8 Å². The Morgan fingerprint density at radius 1 is 1.00 bits per heavy atom. The van der Waals surface area contributed by atoms with Crippen molar-refractivity contribution in [3.8, 4) is 11.5 Å². The number of fused-ring (bicyclic) bond motifs is 2. The summed E-state index contributed by atoms with van der Waals surface area (Å²) in [5.74, 6) is 1.98. The van der Waals surface area contributed by atoms with Gasteiger partial charge in [0, 0.05) is 16.8 Å². The lowest BCUT2D eigenvalue weighted by Crippen LogP contribution is -1.98. The van der Waals surface area contributed by atoms with Crippen LogP contribution in [0.15, 0.2) is 42.9 Å². The van der Waals surface area contributed by atoms with E-state index in [1.54, 1.807) is 14.2 Å². The summed E-state index contributed by atoms with van der Waals surface area (Å²) in [7, 11) is 3.21. The Kier molecular flexibility index (Phi) is 3.62. The number of hydrogen-bond acceptors (Lipinski definition) is 7. The number of anilines is 2. The van der Waals surface area contributed by atoms with Gasteiger partial charge in [-0.1, -0.05) is 6.07 Å². The highest BCUT2D eigenvalue weighted by molar-refractivity contribution is 7.13. The molecule has 1 N–H and O–H groups in total. The van der Waals surface area contributed by atoms with Gasteiger partial charge in [-0.2, -0.15) is 4.37 Å². The van der Waals surface area contributed by atoms with Crippen LogP contribution in [0.1, 0.15) is 0 Å². The van der Waals surface area contributed by atoms with Crippen molar-refractivity contribution < 1.29 is 9.47 Å². The van der Waals surface area contributed by atoms with E-state index in [0.717, 1.165) is 26.7 Å². The highest BCUT2D eigenvalue weighted by atomic mass is 32.1. The van der Waals surface area contributed by atoms with Gasteiger partial charge in [0.1, 0.15) is 12.1 Å². The number of rotatable bonds is 4. The maximum Gasteiger partial charge on any atom is 0.162 e. The summed E-state index contributed by atoms with van der Waals surface area (Å²) >= 11 is 1.47. The first-order valence-electron chi connectivity index (χ1n) is 7.27. The Morgan fingerprint density at radius 3 is 2.67 bits per heavy atom. The molecule has 2 heterocycles. The quantitative estimate of drug-likeness (QED) is 0.606. The van der Waals surface area contributed by atoms with Gasteiger partial charge in [0.2, 0.25) is 0 Å². The van der Waals surface area contributed by atoms with Gasteiger partial charge in [-0.05, 0) is 29.7 Å². The molecule has 7 heteroatoms. The van der Waals surface area contributed by atoms with E-state index in [2.05, 4.69) is 19.7 Å². The maximum atomic E-state index is 5.39. The molecule has 0 aliphatic heterocycles. The SMILES string of the molecule is COc1cc2ncnc(Nc3cccc4sncc34)c2cc1OC. The predicted octanol–water partition coefficient (Wildman–Crippen LogP) is 4.00. The lowest BCUT2D eigenvalue weighted by atomic mass is 10.2. The van der Waals surface area contributed by atoms with Gasteiger partial charge < -0.3 is 14.8 Å². The first-order chi connectivity index (χ1) is 11.8. The van der Waals surface area contributed by atoms with Gasteiger partial charge in [0.05, 0.1) is 36.3 Å². The van der Waals surface area contributed by atoms with Crippen LogP contribution in [0, 0.1) is 0 Å². The Balaban J connectivity index is 1.86. The summed E-state index contributed by atoms with van der Waals surface area (Å²) in [4.78, 5) is 8.71. The summed E-state index contributed by atoms with van der Waals surface area (Å²) in [6, 6.07) is 9.77. The van der Waals surface area contributed by atoms with Crippen molar-refractivity contribution in [2.75, 3.05) is 19.5 Å². The van der Waals surface area contributed by atoms with Gasteiger partial charge >= 0.3 is 0 Å². The molecule has 2 aromatic heterocycles. The number of benzene rings is 2. The third kappa shape index (κ3) is 2.39. The van der Waals surface area contributed by atoms with Gasteiger partial charge in [-0.15, -0.1) is 0 Å². The van der Waals surface area contributed by atoms with E-state index in [1.807, 2.05) is 36.5 Å². The van der Waals surface area contributed by atoms with Gasteiger partial charge in [-0.3, -0.25) is 0 Å². The van der Waals surface area contributed by atoms with Crippen molar-refractivity contribution in [3.05, 3.63) is 42.9 Å². The average Bonchev–Trinajstić information content (AvgIpc) is 3.10. The number of nitrogens with one attached hydrogen (secondary N) is 1. The van der Waals surface area contributed by atoms with E-state index >= 15 is 0 Å². The fourth-order valence-corrected chi connectivity index (χ4v) is 3.28. The monoisotopic (exact) mass is 338 g/mol. The van der Waals surface area contributed by atoms with E-state index in [-0.39, 0.29) is 0 Å². The predicted molar refractivity (Wildman–Crippen MR) is 95.5 cm³/mol. The molecule has 0 aliphatic carbocycles. The molecule has 0 amide bonds. The fraction of sp³-hybridized carbons (Fsp3) is 0.118. The van der Waals surface area contributed by atoms with Crippen molar-refractivity contribution in [1.82, 2.24) is 14.3 Å². The molecular formula is C17H14N4O2S. The van der Waals surface area contributed by atoms with Crippen molar-refractivity contribution in [3.63, 3.8) is 0 Å². The van der Waals surface area contributed by atoms with E-state index < -0.39 is 0 Å². The molecule has 2 aromatic carbocycles. The van der Waals surface area contributed by atoms with Crippen LogP contribution in [-0.4, -0.2) is 28.6 Å². The molecule has 0 spiro atoms. The topological polar surface area (TPSA) is 69.2 Å². The van der Waals surface area contributed by atoms with Gasteiger partial charge in [0.15, 0.2) is 11.5 Å². The molecule has 24 heavy (non-hydrogen) atoms. The largest absolute Gasteiger partial charge is 0.493 e. The average molecular weight is 338 g/mol. The Labute approximate surface area is 142 Å². The minimum atomic E-state index is 0.637. The summed E-state index contributed by atoms with van der Waals surface area (Å²) in [6.07, 6.45) is 3.39. The van der Waals surface area contributed by atoms with Crippen molar-refractivity contribution in [1.29, 1.82) is 0 Å². The molecule has 0 aliphatic rings. The van der Waals surface area contributed by atoms with E-state index in [1.165, 1.54) is 17.9 Å². The van der Waals surface area contributed by atoms with Crippen LogP contribution >= 0.6 is 11.5 Å². The summed E-state index contributed by atoms with van der Waals surface area (Å²) < 4.78 is 16.1. The van der Waals surface area contributed by atoms with E-state index in [4.69, 9.17) is 9.47 Å². The second kappa shape index (κ2) is 5.93. The molecule has 6 nitrogen and oxygen atoms in total. The smallest absolute Gasteiger partial charge is 0.162 e.